The maximum Gasteiger partial charge on any atom is 0.311 e. The smallest absolute Gasteiger partial charge is 0.311 e. The van der Waals surface area contributed by atoms with Crippen LogP contribution in [0.3, 0.4) is 0 Å². The van der Waals surface area contributed by atoms with Gasteiger partial charge in [-0.2, -0.15) is 0 Å². The largest absolute Gasteiger partial charge is 0.455 e. The highest BCUT2D eigenvalue weighted by Gasteiger charge is 2.36. The zero-order valence-electron chi connectivity index (χ0n) is 16.8. The normalized spacial score (nSPS) is 15.4. The molecule has 8 nitrogen and oxygen atoms in total. The van der Waals surface area contributed by atoms with E-state index in [1.54, 1.807) is 31.2 Å². The Morgan fingerprint density at radius 3 is 2.53 bits per heavy atom. The van der Waals surface area contributed by atoms with Crippen molar-refractivity contribution in [2.75, 3.05) is 18.5 Å². The van der Waals surface area contributed by atoms with Crippen LogP contribution in [0.1, 0.15) is 22.3 Å². The maximum absolute atomic E-state index is 12.3. The molecule has 1 aliphatic heterocycles. The number of anilines is 1. The minimum absolute atomic E-state index is 0.0555. The molecule has 0 radical (unpaired) electrons. The molecule has 0 saturated carbocycles. The highest BCUT2D eigenvalue weighted by molar-refractivity contribution is 9.10. The molecular formula is C21H18BrCl2N3O5. The van der Waals surface area contributed by atoms with Gasteiger partial charge in [-0.15, -0.1) is 0 Å². The van der Waals surface area contributed by atoms with Gasteiger partial charge in [-0.25, -0.2) is 0 Å². The van der Waals surface area contributed by atoms with Crippen LogP contribution in [0.15, 0.2) is 40.9 Å². The molecule has 0 bridgehead atoms. The molecule has 2 N–H and O–H groups in total. The summed E-state index contributed by atoms with van der Waals surface area (Å²) < 4.78 is 5.75. The number of hydrogen-bond acceptors (Lipinski definition) is 5. The molecule has 2 aromatic carbocycles. The SMILES string of the molecule is Cc1c(NC(=O)COC(=O)[C@H]2CC(=O)N(NC(=O)c3ccc(Cl)cc3)C2)ccc(Br)c1Cl. The first-order valence-electron chi connectivity index (χ1n) is 9.43. The first-order chi connectivity index (χ1) is 15.2. The lowest BCUT2D eigenvalue weighted by Gasteiger charge is -2.17. The van der Waals surface area contributed by atoms with E-state index in [2.05, 4.69) is 26.7 Å². The monoisotopic (exact) mass is 541 g/mol. The number of carbonyl (C=O) groups excluding carboxylic acids is 4. The topological polar surface area (TPSA) is 105 Å². The Hall–Kier alpha value is -2.62. The van der Waals surface area contributed by atoms with Crippen LogP contribution < -0.4 is 10.7 Å². The van der Waals surface area contributed by atoms with Crippen LogP contribution in [-0.2, 0) is 19.1 Å². The Labute approximate surface area is 202 Å². The Morgan fingerprint density at radius 2 is 1.84 bits per heavy atom. The Morgan fingerprint density at radius 1 is 1.16 bits per heavy atom. The Kier molecular flexibility index (Phi) is 7.76. The van der Waals surface area contributed by atoms with Crippen molar-refractivity contribution in [2.45, 2.75) is 13.3 Å². The van der Waals surface area contributed by atoms with Crippen molar-refractivity contribution in [1.82, 2.24) is 10.4 Å². The first kappa shape index (κ1) is 24.0. The van der Waals surface area contributed by atoms with Crippen LogP contribution in [0, 0.1) is 12.8 Å². The van der Waals surface area contributed by atoms with Crippen LogP contribution >= 0.6 is 39.1 Å². The molecule has 1 heterocycles. The van der Waals surface area contributed by atoms with Crippen LogP contribution in [0.2, 0.25) is 10.0 Å². The van der Waals surface area contributed by atoms with Gasteiger partial charge in [-0.3, -0.25) is 29.6 Å². The van der Waals surface area contributed by atoms with Gasteiger partial charge in [0, 0.05) is 27.2 Å². The summed E-state index contributed by atoms with van der Waals surface area (Å²) in [5.74, 6) is -2.99. The van der Waals surface area contributed by atoms with Gasteiger partial charge in [0.1, 0.15) is 0 Å². The molecule has 1 atom stereocenters. The number of nitrogens with zero attached hydrogens (tertiary/aromatic N) is 1. The molecule has 3 rings (SSSR count). The van der Waals surface area contributed by atoms with Gasteiger partial charge in [-0.05, 0) is 64.8 Å². The number of ether oxygens (including phenoxy) is 1. The Bertz CT molecular complexity index is 1080. The zero-order valence-corrected chi connectivity index (χ0v) is 19.9. The second-order valence-corrected chi connectivity index (χ2v) is 8.71. The lowest BCUT2D eigenvalue weighted by atomic mass is 10.1. The minimum Gasteiger partial charge on any atom is -0.455 e. The molecule has 1 fully saturated rings. The minimum atomic E-state index is -0.801. The Balaban J connectivity index is 1.50. The van der Waals surface area contributed by atoms with Crippen molar-refractivity contribution < 1.29 is 23.9 Å². The fourth-order valence-electron chi connectivity index (χ4n) is 2.99. The van der Waals surface area contributed by atoms with E-state index in [0.29, 0.717) is 31.3 Å². The molecule has 11 heteroatoms. The van der Waals surface area contributed by atoms with Crippen molar-refractivity contribution in [3.05, 3.63) is 62.0 Å². The van der Waals surface area contributed by atoms with Gasteiger partial charge in [-0.1, -0.05) is 23.2 Å². The number of carbonyl (C=O) groups is 4. The van der Waals surface area contributed by atoms with Crippen molar-refractivity contribution >= 4 is 68.5 Å². The summed E-state index contributed by atoms with van der Waals surface area (Å²) in [5, 5.41) is 4.63. The zero-order chi connectivity index (χ0) is 23.4. The van der Waals surface area contributed by atoms with E-state index in [1.165, 1.54) is 12.1 Å². The molecule has 3 amide bonds. The fourth-order valence-corrected chi connectivity index (χ4v) is 3.71. The van der Waals surface area contributed by atoms with Crippen LogP contribution in [-0.4, -0.2) is 41.9 Å². The number of nitrogens with one attached hydrogen (secondary N) is 2. The van der Waals surface area contributed by atoms with Crippen LogP contribution in [0.4, 0.5) is 5.69 Å². The molecular weight excluding hydrogens is 525 g/mol. The summed E-state index contributed by atoms with van der Waals surface area (Å²) in [6.45, 7) is 1.17. The molecule has 0 spiro atoms. The standard InChI is InChI=1S/C21H18BrCl2N3O5/c1-11-16(7-6-15(22)19(11)24)25-17(28)10-32-21(31)13-8-18(29)27(9-13)26-20(30)12-2-4-14(23)5-3-12/h2-7,13H,8-10H2,1H3,(H,25,28)(H,26,30)/t13-/m0/s1. The maximum atomic E-state index is 12.3. The molecule has 1 aliphatic rings. The van der Waals surface area contributed by atoms with Gasteiger partial charge in [0.25, 0.3) is 11.8 Å². The lowest BCUT2D eigenvalue weighted by Crippen LogP contribution is -2.43. The van der Waals surface area contributed by atoms with E-state index in [4.69, 9.17) is 27.9 Å². The third-order valence-electron chi connectivity index (χ3n) is 4.76. The summed E-state index contributed by atoms with van der Waals surface area (Å²) >= 11 is 15.2. The second kappa shape index (κ2) is 10.3. The molecule has 0 aliphatic carbocycles. The van der Waals surface area contributed by atoms with Gasteiger partial charge in [0.15, 0.2) is 6.61 Å². The van der Waals surface area contributed by atoms with Crippen LogP contribution in [0.5, 0.6) is 0 Å². The van der Waals surface area contributed by atoms with Crippen molar-refractivity contribution in [1.29, 1.82) is 0 Å². The lowest BCUT2D eigenvalue weighted by molar-refractivity contribution is -0.151. The van der Waals surface area contributed by atoms with E-state index in [-0.39, 0.29) is 13.0 Å². The van der Waals surface area contributed by atoms with E-state index in [1.807, 2.05) is 0 Å². The van der Waals surface area contributed by atoms with Crippen molar-refractivity contribution in [3.8, 4) is 0 Å². The molecule has 168 valence electrons. The van der Waals surface area contributed by atoms with Crippen molar-refractivity contribution in [2.24, 2.45) is 5.92 Å². The van der Waals surface area contributed by atoms with E-state index in [0.717, 1.165) is 5.01 Å². The molecule has 2 aromatic rings. The van der Waals surface area contributed by atoms with E-state index >= 15 is 0 Å². The number of esters is 1. The quantitative estimate of drug-likeness (QED) is 0.541. The first-order valence-corrected chi connectivity index (χ1v) is 11.0. The predicted molar refractivity (Wildman–Crippen MR) is 122 cm³/mol. The van der Waals surface area contributed by atoms with E-state index < -0.39 is 36.2 Å². The van der Waals surface area contributed by atoms with Crippen LogP contribution in [0.25, 0.3) is 0 Å². The van der Waals surface area contributed by atoms with Gasteiger partial charge < -0.3 is 10.1 Å². The fraction of sp³-hybridized carbons (Fsp3) is 0.238. The van der Waals surface area contributed by atoms with Gasteiger partial charge in [0.05, 0.1) is 17.5 Å². The highest BCUT2D eigenvalue weighted by atomic mass is 79.9. The predicted octanol–water partition coefficient (Wildman–Crippen LogP) is 3.74. The number of benzene rings is 2. The number of amides is 3. The molecule has 32 heavy (non-hydrogen) atoms. The summed E-state index contributed by atoms with van der Waals surface area (Å²) in [5.41, 5.74) is 3.93. The van der Waals surface area contributed by atoms with E-state index in [9.17, 15) is 19.2 Å². The summed E-state index contributed by atoms with van der Waals surface area (Å²) in [7, 11) is 0. The molecule has 1 saturated heterocycles. The highest BCUT2D eigenvalue weighted by Crippen LogP contribution is 2.31. The summed E-state index contributed by atoms with van der Waals surface area (Å²) in [4.78, 5) is 48.9. The number of rotatable bonds is 6. The second-order valence-electron chi connectivity index (χ2n) is 7.04. The molecule has 0 aromatic heterocycles. The number of hydrazine groups is 1. The van der Waals surface area contributed by atoms with Gasteiger partial charge >= 0.3 is 5.97 Å². The number of halogens is 3. The summed E-state index contributed by atoms with van der Waals surface area (Å²) in [6.07, 6.45) is -0.136. The average Bonchev–Trinajstić information content (AvgIpc) is 3.13. The number of hydrogen-bond donors (Lipinski definition) is 2. The summed E-state index contributed by atoms with van der Waals surface area (Å²) in [6, 6.07) is 9.50. The average molecular weight is 543 g/mol. The third-order valence-corrected chi connectivity index (χ3v) is 6.39. The third kappa shape index (κ3) is 5.79. The van der Waals surface area contributed by atoms with Crippen molar-refractivity contribution in [3.63, 3.8) is 0 Å². The van der Waals surface area contributed by atoms with Gasteiger partial charge in [0.2, 0.25) is 5.91 Å². The molecule has 0 unspecified atom stereocenters.